The lowest BCUT2D eigenvalue weighted by Gasteiger charge is -2.16. The second-order valence-corrected chi connectivity index (χ2v) is 8.49. The van der Waals surface area contributed by atoms with Crippen LogP contribution in [0.3, 0.4) is 0 Å². The van der Waals surface area contributed by atoms with Gasteiger partial charge in [-0.1, -0.05) is 34.6 Å². The number of nitrogens with zero attached hydrogens (tertiary/aromatic N) is 1. The third-order valence-corrected chi connectivity index (χ3v) is 5.74. The first-order chi connectivity index (χ1) is 9.94. The van der Waals surface area contributed by atoms with Gasteiger partial charge in [0.2, 0.25) is 0 Å². The van der Waals surface area contributed by atoms with Gasteiger partial charge in [-0.25, -0.2) is 4.98 Å². The Hall–Kier alpha value is -0.710. The van der Waals surface area contributed by atoms with E-state index in [0.717, 1.165) is 19.4 Å². The normalized spacial score (nSPS) is 13.6. The fourth-order valence-electron chi connectivity index (χ4n) is 2.22. The molecule has 2 rings (SSSR count). The first-order valence-corrected chi connectivity index (χ1v) is 9.40. The molecule has 2 nitrogen and oxygen atoms in total. The number of aromatic nitrogens is 1. The first-order valence-electron chi connectivity index (χ1n) is 7.71. The fourth-order valence-corrected chi connectivity index (χ4v) is 4.31. The van der Waals surface area contributed by atoms with Crippen molar-refractivity contribution in [2.75, 3.05) is 6.54 Å². The monoisotopic (exact) mass is 322 g/mol. The van der Waals surface area contributed by atoms with Crippen LogP contribution in [-0.4, -0.2) is 11.5 Å². The van der Waals surface area contributed by atoms with E-state index in [4.69, 9.17) is 4.98 Å². The van der Waals surface area contributed by atoms with Gasteiger partial charge in [0.15, 0.2) is 0 Å². The van der Waals surface area contributed by atoms with Gasteiger partial charge < -0.3 is 5.32 Å². The first kappa shape index (κ1) is 16.7. The summed E-state index contributed by atoms with van der Waals surface area (Å²) in [7, 11) is 0. The topological polar surface area (TPSA) is 24.9 Å². The minimum Gasteiger partial charge on any atom is -0.309 e. The number of hydrogen-bond acceptors (Lipinski definition) is 4. The third-order valence-electron chi connectivity index (χ3n) is 3.52. The molecular formula is C17H26N2S2. The minimum absolute atomic E-state index is 0.140. The molecule has 2 aromatic heterocycles. The molecule has 0 saturated carbocycles. The van der Waals surface area contributed by atoms with Crippen molar-refractivity contribution in [3.8, 4) is 0 Å². The average Bonchev–Trinajstić information content (AvgIpc) is 3.06. The molecule has 0 fully saturated rings. The van der Waals surface area contributed by atoms with Gasteiger partial charge in [-0.2, -0.15) is 0 Å². The molecule has 4 heteroatoms. The number of thiazole rings is 1. The Balaban J connectivity index is 2.14. The van der Waals surface area contributed by atoms with Crippen LogP contribution < -0.4 is 5.32 Å². The zero-order valence-electron chi connectivity index (χ0n) is 13.7. The molecule has 0 aliphatic heterocycles. The van der Waals surface area contributed by atoms with Crippen LogP contribution in [0.15, 0.2) is 17.5 Å². The number of likely N-dealkylation sites (N-methyl/N-ethyl adjacent to an activating group) is 1. The Labute approximate surface area is 136 Å². The van der Waals surface area contributed by atoms with E-state index in [-0.39, 0.29) is 5.41 Å². The largest absolute Gasteiger partial charge is 0.309 e. The highest BCUT2D eigenvalue weighted by Crippen LogP contribution is 2.29. The van der Waals surface area contributed by atoms with E-state index in [1.54, 1.807) is 11.3 Å². The van der Waals surface area contributed by atoms with Crippen LogP contribution >= 0.6 is 22.7 Å². The van der Waals surface area contributed by atoms with Crippen molar-refractivity contribution in [2.24, 2.45) is 0 Å². The lowest BCUT2D eigenvalue weighted by Crippen LogP contribution is -2.22. The Kier molecular flexibility index (Phi) is 5.58. The molecule has 1 atom stereocenters. The zero-order valence-corrected chi connectivity index (χ0v) is 15.3. The number of hydrogen-bond donors (Lipinski definition) is 1. The Morgan fingerprint density at radius 3 is 2.52 bits per heavy atom. The maximum Gasteiger partial charge on any atom is 0.0947 e. The van der Waals surface area contributed by atoms with E-state index >= 15 is 0 Å². The molecule has 0 saturated heterocycles. The molecule has 0 amide bonds. The van der Waals surface area contributed by atoms with E-state index in [1.165, 1.54) is 20.5 Å². The summed E-state index contributed by atoms with van der Waals surface area (Å²) in [6.07, 6.45) is 2.10. The van der Waals surface area contributed by atoms with E-state index in [0.29, 0.717) is 6.04 Å². The molecule has 0 spiro atoms. The summed E-state index contributed by atoms with van der Waals surface area (Å²) in [5.74, 6) is 0. The molecule has 116 valence electrons. The summed E-state index contributed by atoms with van der Waals surface area (Å²) in [6, 6.07) is 4.92. The van der Waals surface area contributed by atoms with E-state index in [2.05, 4.69) is 57.4 Å². The summed E-state index contributed by atoms with van der Waals surface area (Å²) in [5, 5.41) is 7.06. The molecular weight excluding hydrogens is 296 g/mol. The van der Waals surface area contributed by atoms with Crippen molar-refractivity contribution >= 4 is 22.7 Å². The molecule has 1 N–H and O–H groups in total. The summed E-state index contributed by atoms with van der Waals surface area (Å²) >= 11 is 3.72. The van der Waals surface area contributed by atoms with E-state index in [9.17, 15) is 0 Å². The maximum atomic E-state index is 4.84. The number of aryl methyl sites for hydroxylation is 1. The Morgan fingerprint density at radius 2 is 2.00 bits per heavy atom. The van der Waals surface area contributed by atoms with Crippen molar-refractivity contribution in [2.45, 2.75) is 58.9 Å². The molecule has 1 unspecified atom stereocenters. The van der Waals surface area contributed by atoms with E-state index < -0.39 is 0 Å². The summed E-state index contributed by atoms with van der Waals surface area (Å²) in [4.78, 5) is 7.73. The van der Waals surface area contributed by atoms with Crippen LogP contribution in [0.25, 0.3) is 0 Å². The van der Waals surface area contributed by atoms with Crippen LogP contribution in [0.1, 0.15) is 61.1 Å². The van der Waals surface area contributed by atoms with Crippen molar-refractivity contribution in [3.05, 3.63) is 38.0 Å². The van der Waals surface area contributed by atoms with Crippen LogP contribution in [0.4, 0.5) is 0 Å². The molecule has 0 aliphatic carbocycles. The quantitative estimate of drug-likeness (QED) is 0.813. The Morgan fingerprint density at radius 1 is 1.24 bits per heavy atom. The highest BCUT2D eigenvalue weighted by atomic mass is 32.1. The van der Waals surface area contributed by atoms with Crippen molar-refractivity contribution in [1.82, 2.24) is 10.3 Å². The van der Waals surface area contributed by atoms with Crippen LogP contribution in [0.2, 0.25) is 0 Å². The fraction of sp³-hybridized carbons (Fsp3) is 0.588. The van der Waals surface area contributed by atoms with Gasteiger partial charge in [-0.15, -0.1) is 22.7 Å². The van der Waals surface area contributed by atoms with Crippen LogP contribution in [-0.2, 0) is 18.3 Å². The van der Waals surface area contributed by atoms with Gasteiger partial charge in [0.1, 0.15) is 0 Å². The predicted octanol–water partition coefficient (Wildman–Crippen LogP) is 4.96. The lowest BCUT2D eigenvalue weighted by molar-refractivity contribution is 0.545. The standard InChI is InChI=1S/C17H26N2S2/c1-6-12-8-9-14(21-12)13(18-7-2)10-16-19-15(11-20-16)17(3,4)5/h8-9,11,13,18H,6-7,10H2,1-5H3. The smallest absolute Gasteiger partial charge is 0.0947 e. The number of nitrogens with one attached hydrogen (secondary N) is 1. The van der Waals surface area contributed by atoms with Crippen molar-refractivity contribution in [1.29, 1.82) is 0 Å². The van der Waals surface area contributed by atoms with Crippen LogP contribution in [0, 0.1) is 0 Å². The molecule has 0 bridgehead atoms. The van der Waals surface area contributed by atoms with E-state index in [1.807, 2.05) is 11.3 Å². The maximum absolute atomic E-state index is 4.84. The Bertz CT molecular complexity index is 563. The SMILES string of the molecule is CCNC(Cc1nc(C(C)(C)C)cs1)c1ccc(CC)s1. The van der Waals surface area contributed by atoms with Gasteiger partial charge in [0.05, 0.1) is 10.7 Å². The average molecular weight is 323 g/mol. The van der Waals surface area contributed by atoms with Gasteiger partial charge in [0.25, 0.3) is 0 Å². The summed E-state index contributed by atoms with van der Waals surface area (Å²) < 4.78 is 0. The van der Waals surface area contributed by atoms with Crippen molar-refractivity contribution < 1.29 is 0 Å². The summed E-state index contributed by atoms with van der Waals surface area (Å²) in [5.41, 5.74) is 1.35. The van der Waals surface area contributed by atoms with Gasteiger partial charge in [0, 0.05) is 33.0 Å². The molecule has 2 aromatic rings. The second-order valence-electron chi connectivity index (χ2n) is 6.35. The minimum atomic E-state index is 0.140. The van der Waals surface area contributed by atoms with Crippen LogP contribution in [0.5, 0.6) is 0 Å². The highest BCUT2D eigenvalue weighted by molar-refractivity contribution is 7.12. The predicted molar refractivity (Wildman–Crippen MR) is 94.6 cm³/mol. The molecule has 0 aromatic carbocycles. The van der Waals surface area contributed by atoms with Gasteiger partial charge in [-0.05, 0) is 25.1 Å². The molecule has 2 heterocycles. The summed E-state index contributed by atoms with van der Waals surface area (Å²) in [6.45, 7) is 12.0. The zero-order chi connectivity index (χ0) is 15.5. The van der Waals surface area contributed by atoms with Gasteiger partial charge >= 0.3 is 0 Å². The molecule has 0 aliphatic rings. The molecule has 21 heavy (non-hydrogen) atoms. The number of rotatable bonds is 6. The number of thiophene rings is 1. The van der Waals surface area contributed by atoms with Gasteiger partial charge in [-0.3, -0.25) is 0 Å². The lowest BCUT2D eigenvalue weighted by atomic mass is 9.93. The third kappa shape index (κ3) is 4.38. The van der Waals surface area contributed by atoms with Crippen molar-refractivity contribution in [3.63, 3.8) is 0 Å². The second kappa shape index (κ2) is 7.03. The molecule has 0 radical (unpaired) electrons. The highest BCUT2D eigenvalue weighted by Gasteiger charge is 2.20.